The van der Waals surface area contributed by atoms with Gasteiger partial charge in [-0.25, -0.2) is 4.79 Å². The van der Waals surface area contributed by atoms with Crippen LogP contribution in [0.25, 0.3) is 0 Å². The van der Waals surface area contributed by atoms with Crippen LogP contribution in [-0.4, -0.2) is 47.9 Å². The molecular weight excluding hydrogens is 292 g/mol. The van der Waals surface area contributed by atoms with Crippen molar-refractivity contribution < 1.29 is 14.6 Å². The number of fused-ring (bicyclic) bond motifs is 1. The molecular formula is C18H26N2O3. The molecule has 1 fully saturated rings. The van der Waals surface area contributed by atoms with Gasteiger partial charge in [0.25, 0.3) is 0 Å². The lowest BCUT2D eigenvalue weighted by atomic mass is 9.92. The summed E-state index contributed by atoms with van der Waals surface area (Å²) < 4.78 is 5.71. The van der Waals surface area contributed by atoms with E-state index in [4.69, 9.17) is 4.74 Å². The van der Waals surface area contributed by atoms with E-state index in [0.29, 0.717) is 25.6 Å². The lowest BCUT2D eigenvalue weighted by Gasteiger charge is -2.34. The molecule has 0 aliphatic carbocycles. The maximum Gasteiger partial charge on any atom is 0.317 e. The minimum atomic E-state index is -0.286. The maximum atomic E-state index is 12.5. The Labute approximate surface area is 137 Å². The average Bonchev–Trinajstić information content (AvgIpc) is 2.99. The molecule has 2 amide bonds. The molecule has 0 aromatic heterocycles. The molecule has 1 saturated heterocycles. The number of aliphatic hydroxyl groups is 1. The lowest BCUT2D eigenvalue weighted by molar-refractivity contribution is 0.0791. The van der Waals surface area contributed by atoms with Gasteiger partial charge in [-0.3, -0.25) is 0 Å². The van der Waals surface area contributed by atoms with Gasteiger partial charge in [0.1, 0.15) is 5.75 Å². The van der Waals surface area contributed by atoms with E-state index in [1.165, 1.54) is 5.56 Å². The van der Waals surface area contributed by atoms with Crippen LogP contribution in [0.3, 0.4) is 0 Å². The van der Waals surface area contributed by atoms with Gasteiger partial charge in [-0.2, -0.15) is 0 Å². The second-order valence-corrected chi connectivity index (χ2v) is 6.76. The smallest absolute Gasteiger partial charge is 0.317 e. The number of para-hydroxylation sites is 1. The molecule has 2 aliphatic heterocycles. The molecule has 126 valence electrons. The van der Waals surface area contributed by atoms with Gasteiger partial charge in [0, 0.05) is 30.6 Å². The topological polar surface area (TPSA) is 61.8 Å². The fourth-order valence-electron chi connectivity index (χ4n) is 3.57. The summed E-state index contributed by atoms with van der Waals surface area (Å²) in [5, 5.41) is 12.8. The molecule has 0 bridgehead atoms. The van der Waals surface area contributed by atoms with Gasteiger partial charge in [0.2, 0.25) is 0 Å². The summed E-state index contributed by atoms with van der Waals surface area (Å²) in [7, 11) is 0. The van der Waals surface area contributed by atoms with Gasteiger partial charge in [-0.05, 0) is 38.7 Å². The maximum absolute atomic E-state index is 12.5. The summed E-state index contributed by atoms with van der Waals surface area (Å²) >= 11 is 0. The number of rotatable bonds is 3. The largest absolute Gasteiger partial charge is 0.493 e. The zero-order valence-electron chi connectivity index (χ0n) is 13.9. The van der Waals surface area contributed by atoms with Crippen molar-refractivity contribution in [1.29, 1.82) is 0 Å². The zero-order chi connectivity index (χ0) is 16.4. The molecule has 3 atom stereocenters. The third-order valence-electron chi connectivity index (χ3n) is 5.20. The Morgan fingerprint density at radius 2 is 2.00 bits per heavy atom. The predicted octanol–water partition coefficient (Wildman–Crippen LogP) is 2.35. The lowest BCUT2D eigenvalue weighted by Crippen LogP contribution is -2.49. The number of hydrogen-bond donors (Lipinski definition) is 2. The van der Waals surface area contributed by atoms with Crippen molar-refractivity contribution in [3.63, 3.8) is 0 Å². The van der Waals surface area contributed by atoms with Crippen molar-refractivity contribution in [3.8, 4) is 5.75 Å². The van der Waals surface area contributed by atoms with Crippen molar-refractivity contribution in [3.05, 3.63) is 29.8 Å². The fraction of sp³-hybridized carbons (Fsp3) is 0.611. The van der Waals surface area contributed by atoms with Crippen LogP contribution in [0.5, 0.6) is 5.75 Å². The number of nitrogens with one attached hydrogen (secondary N) is 1. The predicted molar refractivity (Wildman–Crippen MR) is 88.6 cm³/mol. The number of urea groups is 1. The molecule has 0 saturated carbocycles. The highest BCUT2D eigenvalue weighted by atomic mass is 16.5. The molecule has 1 aromatic carbocycles. The first-order valence-electron chi connectivity index (χ1n) is 8.51. The molecule has 23 heavy (non-hydrogen) atoms. The summed E-state index contributed by atoms with van der Waals surface area (Å²) in [5.74, 6) is 1.44. The first-order chi connectivity index (χ1) is 11.1. The van der Waals surface area contributed by atoms with E-state index in [-0.39, 0.29) is 24.1 Å². The number of carbonyl (C=O) groups excluding carboxylic acids is 1. The summed E-state index contributed by atoms with van der Waals surface area (Å²) in [6.45, 7) is 5.92. The molecule has 2 aliphatic rings. The zero-order valence-corrected chi connectivity index (χ0v) is 13.9. The van der Waals surface area contributed by atoms with Crippen LogP contribution in [0.2, 0.25) is 0 Å². The van der Waals surface area contributed by atoms with E-state index < -0.39 is 0 Å². The molecule has 5 nitrogen and oxygen atoms in total. The van der Waals surface area contributed by atoms with Crippen molar-refractivity contribution in [2.24, 2.45) is 5.92 Å². The van der Waals surface area contributed by atoms with Crippen molar-refractivity contribution in [1.82, 2.24) is 10.2 Å². The minimum Gasteiger partial charge on any atom is -0.493 e. The SMILES string of the molecule is CC(O)C1CCN(C(=O)NC(C)C2COc3ccccc32)CC1. The van der Waals surface area contributed by atoms with Crippen LogP contribution in [0, 0.1) is 5.92 Å². The van der Waals surface area contributed by atoms with E-state index in [2.05, 4.69) is 11.4 Å². The van der Waals surface area contributed by atoms with Crippen LogP contribution in [0.15, 0.2) is 24.3 Å². The Morgan fingerprint density at radius 3 is 2.70 bits per heavy atom. The number of carbonyl (C=O) groups is 1. The van der Waals surface area contributed by atoms with Crippen molar-refractivity contribution >= 4 is 6.03 Å². The molecule has 3 rings (SSSR count). The Morgan fingerprint density at radius 1 is 1.30 bits per heavy atom. The number of piperidine rings is 1. The van der Waals surface area contributed by atoms with Crippen LogP contribution >= 0.6 is 0 Å². The number of aliphatic hydroxyl groups excluding tert-OH is 1. The van der Waals surface area contributed by atoms with Gasteiger partial charge >= 0.3 is 6.03 Å². The molecule has 3 unspecified atom stereocenters. The first kappa shape index (κ1) is 16.1. The van der Waals surface area contributed by atoms with Crippen molar-refractivity contribution in [2.45, 2.75) is 44.8 Å². The second kappa shape index (κ2) is 6.79. The average molecular weight is 318 g/mol. The summed E-state index contributed by atoms with van der Waals surface area (Å²) in [4.78, 5) is 14.3. The molecule has 0 radical (unpaired) electrons. The van der Waals surface area contributed by atoms with E-state index in [9.17, 15) is 9.90 Å². The molecule has 0 spiro atoms. The number of ether oxygens (including phenoxy) is 1. The van der Waals surface area contributed by atoms with E-state index in [1.807, 2.05) is 36.9 Å². The van der Waals surface area contributed by atoms with Crippen LogP contribution in [0.1, 0.15) is 38.2 Å². The van der Waals surface area contributed by atoms with Crippen LogP contribution in [0.4, 0.5) is 4.79 Å². The van der Waals surface area contributed by atoms with Crippen LogP contribution in [-0.2, 0) is 0 Å². The summed E-state index contributed by atoms with van der Waals surface area (Å²) in [6.07, 6.45) is 1.45. The Kier molecular flexibility index (Phi) is 4.76. The Hall–Kier alpha value is -1.75. The molecule has 2 N–H and O–H groups in total. The summed E-state index contributed by atoms with van der Waals surface area (Å²) in [5.41, 5.74) is 1.17. The normalized spacial score (nSPS) is 23.8. The van der Waals surface area contributed by atoms with E-state index >= 15 is 0 Å². The van der Waals surface area contributed by atoms with Gasteiger partial charge in [-0.1, -0.05) is 18.2 Å². The fourth-order valence-corrected chi connectivity index (χ4v) is 3.57. The van der Waals surface area contributed by atoms with Gasteiger partial charge < -0.3 is 20.1 Å². The number of hydrogen-bond acceptors (Lipinski definition) is 3. The van der Waals surface area contributed by atoms with Gasteiger partial charge in [0.05, 0.1) is 12.7 Å². The van der Waals surface area contributed by atoms with Gasteiger partial charge in [0.15, 0.2) is 0 Å². The van der Waals surface area contributed by atoms with Gasteiger partial charge in [-0.15, -0.1) is 0 Å². The summed E-state index contributed by atoms with van der Waals surface area (Å²) in [6, 6.07) is 8.05. The first-order valence-corrected chi connectivity index (χ1v) is 8.51. The molecule has 1 aromatic rings. The Bertz CT molecular complexity index is 553. The van der Waals surface area contributed by atoms with Crippen molar-refractivity contribution in [2.75, 3.05) is 19.7 Å². The molecule has 2 heterocycles. The number of amides is 2. The standard InChI is InChI=1S/C18H26N2O3/c1-12(16-11-23-17-6-4-3-5-15(16)17)19-18(22)20-9-7-14(8-10-20)13(2)21/h3-6,12-14,16,21H,7-11H2,1-2H3,(H,19,22). The third-order valence-corrected chi connectivity index (χ3v) is 5.20. The van der Waals surface area contributed by atoms with E-state index in [0.717, 1.165) is 18.6 Å². The second-order valence-electron chi connectivity index (χ2n) is 6.76. The highest BCUT2D eigenvalue weighted by Crippen LogP contribution is 2.35. The molecule has 5 heteroatoms. The highest BCUT2D eigenvalue weighted by molar-refractivity contribution is 5.74. The number of nitrogens with zero attached hydrogens (tertiary/aromatic N) is 1. The number of likely N-dealkylation sites (tertiary alicyclic amines) is 1. The highest BCUT2D eigenvalue weighted by Gasteiger charge is 2.31. The monoisotopic (exact) mass is 318 g/mol. The Balaban J connectivity index is 1.55. The van der Waals surface area contributed by atoms with E-state index in [1.54, 1.807) is 0 Å². The van der Waals surface area contributed by atoms with Crippen LogP contribution < -0.4 is 10.1 Å². The minimum absolute atomic E-state index is 0.00840. The third kappa shape index (κ3) is 3.44. The quantitative estimate of drug-likeness (QED) is 0.899. The number of benzene rings is 1.